The van der Waals surface area contributed by atoms with Crippen molar-refractivity contribution >= 4 is 5.91 Å². The molecule has 0 spiro atoms. The van der Waals surface area contributed by atoms with Crippen molar-refractivity contribution in [2.75, 3.05) is 6.54 Å². The number of carbonyl (C=O) groups excluding carboxylic acids is 1. The first-order valence-electron chi connectivity index (χ1n) is 6.86. The summed E-state index contributed by atoms with van der Waals surface area (Å²) < 4.78 is 4.99. The average Bonchev–Trinajstić information content (AvgIpc) is 2.99. The zero-order chi connectivity index (χ0) is 13.0. The van der Waals surface area contributed by atoms with Crippen LogP contribution in [0.2, 0.25) is 0 Å². The van der Waals surface area contributed by atoms with Gasteiger partial charge in [-0.1, -0.05) is 24.9 Å². The monoisotopic (exact) mass is 250 g/mol. The molecule has 1 heterocycles. The van der Waals surface area contributed by atoms with Crippen LogP contribution in [0.4, 0.5) is 0 Å². The Bertz CT molecular complexity index is 394. The topological polar surface area (TPSA) is 55.1 Å². The number of aromatic nitrogens is 1. The molecule has 4 heteroatoms. The summed E-state index contributed by atoms with van der Waals surface area (Å²) in [6.07, 6.45) is 5.70. The fourth-order valence-corrected chi connectivity index (χ4v) is 2.68. The minimum absolute atomic E-state index is 0.145. The van der Waals surface area contributed by atoms with Gasteiger partial charge in [-0.3, -0.25) is 4.79 Å². The number of amides is 1. The SMILES string of the molecule is Cc1cc(CCNC(=O)C(C)C2CCCC2)no1. The smallest absolute Gasteiger partial charge is 0.223 e. The Kier molecular flexibility index (Phi) is 4.39. The maximum atomic E-state index is 12.0. The van der Waals surface area contributed by atoms with Crippen LogP contribution < -0.4 is 5.32 Å². The van der Waals surface area contributed by atoms with Crippen LogP contribution in [-0.4, -0.2) is 17.6 Å². The lowest BCUT2D eigenvalue weighted by atomic mass is 9.92. The summed E-state index contributed by atoms with van der Waals surface area (Å²) >= 11 is 0. The molecule has 1 saturated carbocycles. The van der Waals surface area contributed by atoms with Crippen molar-refractivity contribution in [2.45, 2.75) is 46.0 Å². The molecular weight excluding hydrogens is 228 g/mol. The van der Waals surface area contributed by atoms with E-state index in [1.807, 2.05) is 19.9 Å². The highest BCUT2D eigenvalue weighted by molar-refractivity contribution is 5.78. The Morgan fingerprint density at radius 1 is 1.56 bits per heavy atom. The molecule has 2 rings (SSSR count). The van der Waals surface area contributed by atoms with Gasteiger partial charge in [0.05, 0.1) is 5.69 Å². The molecule has 0 aromatic carbocycles. The van der Waals surface area contributed by atoms with Gasteiger partial charge in [-0.15, -0.1) is 0 Å². The van der Waals surface area contributed by atoms with E-state index in [1.54, 1.807) is 0 Å². The highest BCUT2D eigenvalue weighted by Crippen LogP contribution is 2.31. The molecule has 4 nitrogen and oxygen atoms in total. The number of rotatable bonds is 5. The molecule has 1 aromatic rings. The van der Waals surface area contributed by atoms with Gasteiger partial charge in [0, 0.05) is 24.9 Å². The molecule has 0 bridgehead atoms. The molecule has 1 aliphatic carbocycles. The fourth-order valence-electron chi connectivity index (χ4n) is 2.68. The maximum absolute atomic E-state index is 12.0. The van der Waals surface area contributed by atoms with Crippen molar-refractivity contribution in [3.05, 3.63) is 17.5 Å². The molecule has 100 valence electrons. The average molecular weight is 250 g/mol. The Labute approximate surface area is 108 Å². The number of hydrogen-bond acceptors (Lipinski definition) is 3. The summed E-state index contributed by atoms with van der Waals surface area (Å²) in [6, 6.07) is 1.91. The number of carbonyl (C=O) groups is 1. The second-order valence-electron chi connectivity index (χ2n) is 5.30. The lowest BCUT2D eigenvalue weighted by Gasteiger charge is -2.17. The Morgan fingerprint density at radius 2 is 2.28 bits per heavy atom. The second kappa shape index (κ2) is 6.03. The van der Waals surface area contributed by atoms with Gasteiger partial charge in [-0.2, -0.15) is 0 Å². The minimum atomic E-state index is 0.145. The van der Waals surface area contributed by atoms with Crippen LogP contribution in [0.15, 0.2) is 10.6 Å². The van der Waals surface area contributed by atoms with Crippen LogP contribution in [0.1, 0.15) is 44.1 Å². The second-order valence-corrected chi connectivity index (χ2v) is 5.30. The van der Waals surface area contributed by atoms with E-state index in [4.69, 9.17) is 4.52 Å². The van der Waals surface area contributed by atoms with Gasteiger partial charge in [0.15, 0.2) is 0 Å². The lowest BCUT2D eigenvalue weighted by Crippen LogP contribution is -2.34. The van der Waals surface area contributed by atoms with Crippen molar-refractivity contribution in [2.24, 2.45) is 11.8 Å². The van der Waals surface area contributed by atoms with Crippen molar-refractivity contribution in [1.82, 2.24) is 10.5 Å². The van der Waals surface area contributed by atoms with Gasteiger partial charge in [-0.25, -0.2) is 0 Å². The summed E-state index contributed by atoms with van der Waals surface area (Å²) in [5.74, 6) is 1.73. The van der Waals surface area contributed by atoms with E-state index in [-0.39, 0.29) is 11.8 Å². The van der Waals surface area contributed by atoms with E-state index < -0.39 is 0 Å². The molecule has 0 radical (unpaired) electrons. The summed E-state index contributed by atoms with van der Waals surface area (Å²) in [7, 11) is 0. The number of hydrogen-bond donors (Lipinski definition) is 1. The first-order valence-corrected chi connectivity index (χ1v) is 6.86. The third-order valence-corrected chi connectivity index (χ3v) is 3.88. The molecule has 18 heavy (non-hydrogen) atoms. The molecule has 0 aliphatic heterocycles. The van der Waals surface area contributed by atoms with Crippen LogP contribution in [0, 0.1) is 18.8 Å². The zero-order valence-electron chi connectivity index (χ0n) is 11.2. The largest absolute Gasteiger partial charge is 0.361 e. The maximum Gasteiger partial charge on any atom is 0.223 e. The van der Waals surface area contributed by atoms with Crippen LogP contribution in [0.5, 0.6) is 0 Å². The first-order chi connectivity index (χ1) is 8.66. The van der Waals surface area contributed by atoms with E-state index >= 15 is 0 Å². The molecule has 1 amide bonds. The lowest BCUT2D eigenvalue weighted by molar-refractivity contribution is -0.126. The van der Waals surface area contributed by atoms with Gasteiger partial charge in [0.2, 0.25) is 5.91 Å². The fraction of sp³-hybridized carbons (Fsp3) is 0.714. The van der Waals surface area contributed by atoms with Crippen LogP contribution in [0.25, 0.3) is 0 Å². The van der Waals surface area contributed by atoms with E-state index in [9.17, 15) is 4.79 Å². The van der Waals surface area contributed by atoms with Crippen molar-refractivity contribution in [3.63, 3.8) is 0 Å². The van der Waals surface area contributed by atoms with Crippen molar-refractivity contribution in [3.8, 4) is 0 Å². The van der Waals surface area contributed by atoms with Gasteiger partial charge in [0.25, 0.3) is 0 Å². The van der Waals surface area contributed by atoms with E-state index in [0.717, 1.165) is 17.9 Å². The first kappa shape index (κ1) is 13.1. The van der Waals surface area contributed by atoms with E-state index in [2.05, 4.69) is 10.5 Å². The Hall–Kier alpha value is -1.32. The van der Waals surface area contributed by atoms with Crippen LogP contribution >= 0.6 is 0 Å². The third kappa shape index (κ3) is 3.34. The van der Waals surface area contributed by atoms with Crippen LogP contribution in [-0.2, 0) is 11.2 Å². The van der Waals surface area contributed by atoms with E-state index in [1.165, 1.54) is 25.7 Å². The molecule has 1 aromatic heterocycles. The predicted octanol–water partition coefficient (Wildman–Crippen LogP) is 2.47. The molecule has 1 N–H and O–H groups in total. The molecule has 1 atom stereocenters. The Morgan fingerprint density at radius 3 is 2.89 bits per heavy atom. The number of nitrogens with zero attached hydrogens (tertiary/aromatic N) is 1. The highest BCUT2D eigenvalue weighted by atomic mass is 16.5. The summed E-state index contributed by atoms with van der Waals surface area (Å²) in [4.78, 5) is 12.0. The molecular formula is C14H22N2O2. The number of nitrogens with one attached hydrogen (secondary N) is 1. The Balaban J connectivity index is 1.71. The third-order valence-electron chi connectivity index (χ3n) is 3.88. The molecule has 1 fully saturated rings. The van der Waals surface area contributed by atoms with E-state index in [0.29, 0.717) is 12.5 Å². The van der Waals surface area contributed by atoms with Crippen molar-refractivity contribution in [1.29, 1.82) is 0 Å². The van der Waals surface area contributed by atoms with Crippen LogP contribution in [0.3, 0.4) is 0 Å². The zero-order valence-corrected chi connectivity index (χ0v) is 11.2. The summed E-state index contributed by atoms with van der Waals surface area (Å²) in [5, 5.41) is 6.91. The normalized spacial score (nSPS) is 17.9. The predicted molar refractivity (Wildman–Crippen MR) is 69.1 cm³/mol. The highest BCUT2D eigenvalue weighted by Gasteiger charge is 2.26. The standard InChI is InChI=1S/C14H22N2O2/c1-10-9-13(16-18-10)7-8-15-14(17)11(2)12-5-3-4-6-12/h9,11-12H,3-8H2,1-2H3,(H,15,17). The van der Waals surface area contributed by atoms with Gasteiger partial charge in [-0.05, 0) is 25.7 Å². The van der Waals surface area contributed by atoms with Gasteiger partial charge >= 0.3 is 0 Å². The minimum Gasteiger partial charge on any atom is -0.361 e. The summed E-state index contributed by atoms with van der Waals surface area (Å²) in [5.41, 5.74) is 0.904. The summed E-state index contributed by atoms with van der Waals surface area (Å²) in [6.45, 7) is 4.56. The molecule has 1 aliphatic rings. The quantitative estimate of drug-likeness (QED) is 0.873. The molecule has 0 saturated heterocycles. The molecule has 1 unspecified atom stereocenters. The number of aryl methyl sites for hydroxylation is 1. The van der Waals surface area contributed by atoms with Gasteiger partial charge < -0.3 is 9.84 Å². The van der Waals surface area contributed by atoms with Crippen molar-refractivity contribution < 1.29 is 9.32 Å². The van der Waals surface area contributed by atoms with Gasteiger partial charge in [0.1, 0.15) is 5.76 Å².